The third-order valence-electron chi connectivity index (χ3n) is 4.68. The molecule has 1 amide bonds. The van der Waals surface area contributed by atoms with Crippen molar-refractivity contribution in [3.63, 3.8) is 0 Å². The van der Waals surface area contributed by atoms with Gasteiger partial charge in [-0.05, 0) is 62.7 Å². The zero-order valence-corrected chi connectivity index (χ0v) is 13.5. The van der Waals surface area contributed by atoms with Crippen LogP contribution in [0.1, 0.15) is 50.3 Å². The fourth-order valence-corrected chi connectivity index (χ4v) is 3.27. The van der Waals surface area contributed by atoms with E-state index in [2.05, 4.69) is 43.5 Å². The van der Waals surface area contributed by atoms with Gasteiger partial charge in [-0.15, -0.1) is 0 Å². The van der Waals surface area contributed by atoms with Gasteiger partial charge in [0.05, 0.1) is 6.04 Å². The Bertz CT molecular complexity index is 466. The first kappa shape index (κ1) is 16.0. The number of carbonyl (C=O) groups is 1. The van der Waals surface area contributed by atoms with E-state index in [1.807, 2.05) is 12.1 Å². The van der Waals surface area contributed by atoms with Crippen LogP contribution in [0.2, 0.25) is 0 Å². The number of aryl methyl sites for hydroxylation is 1. The lowest BCUT2D eigenvalue weighted by Gasteiger charge is -2.28. The van der Waals surface area contributed by atoms with Gasteiger partial charge in [-0.2, -0.15) is 0 Å². The summed E-state index contributed by atoms with van der Waals surface area (Å²) in [7, 11) is 0. The number of carbonyl (C=O) groups excluding carboxylic acids is 1. The molecular weight excluding hydrogens is 260 g/mol. The highest BCUT2D eigenvalue weighted by Gasteiger charge is 2.22. The maximum absolute atomic E-state index is 12.3. The molecule has 0 saturated carbocycles. The van der Waals surface area contributed by atoms with Crippen molar-refractivity contribution in [1.29, 1.82) is 0 Å². The molecule has 0 aliphatic carbocycles. The highest BCUT2D eigenvalue weighted by Crippen LogP contribution is 2.23. The normalized spacial score (nSPS) is 21.6. The largest absolute Gasteiger partial charge is 0.350 e. The van der Waals surface area contributed by atoms with Gasteiger partial charge in [0.2, 0.25) is 5.91 Å². The van der Waals surface area contributed by atoms with E-state index in [-0.39, 0.29) is 11.9 Å². The molecule has 1 fully saturated rings. The first-order valence-corrected chi connectivity index (χ1v) is 8.13. The molecule has 0 bridgehead atoms. The second kappa shape index (κ2) is 7.60. The predicted molar refractivity (Wildman–Crippen MR) is 87.1 cm³/mol. The van der Waals surface area contributed by atoms with Crippen molar-refractivity contribution in [2.75, 3.05) is 13.1 Å². The number of rotatable bonds is 5. The number of amides is 1. The van der Waals surface area contributed by atoms with E-state index in [4.69, 9.17) is 0 Å². The SMILES string of the molecule is Cc1ccccc1[C@H](C)NC(=O)CC(C)C1CCCNC1. The quantitative estimate of drug-likeness (QED) is 0.873. The van der Waals surface area contributed by atoms with Crippen LogP contribution in [0.3, 0.4) is 0 Å². The van der Waals surface area contributed by atoms with Gasteiger partial charge in [0.1, 0.15) is 0 Å². The second-order valence-corrected chi connectivity index (χ2v) is 6.43. The maximum atomic E-state index is 12.3. The third kappa shape index (κ3) is 4.57. The van der Waals surface area contributed by atoms with Crippen LogP contribution in [0, 0.1) is 18.8 Å². The van der Waals surface area contributed by atoms with E-state index < -0.39 is 0 Å². The average Bonchev–Trinajstić information content (AvgIpc) is 2.48. The van der Waals surface area contributed by atoms with Gasteiger partial charge in [0.15, 0.2) is 0 Å². The lowest BCUT2D eigenvalue weighted by atomic mass is 9.85. The standard InChI is InChI=1S/C18H28N2O/c1-13-7-4-5-9-17(13)15(3)20-18(21)11-14(2)16-8-6-10-19-12-16/h4-5,7,9,14-16,19H,6,8,10-12H2,1-3H3,(H,20,21)/t14?,15-,16?/m0/s1. The molecule has 1 saturated heterocycles. The fraction of sp³-hybridized carbons (Fsp3) is 0.611. The zero-order chi connectivity index (χ0) is 15.2. The van der Waals surface area contributed by atoms with E-state index in [9.17, 15) is 4.79 Å². The van der Waals surface area contributed by atoms with Crippen LogP contribution in [0.15, 0.2) is 24.3 Å². The molecule has 1 aromatic carbocycles. The summed E-state index contributed by atoms with van der Waals surface area (Å²) in [6.45, 7) is 8.54. The van der Waals surface area contributed by atoms with Crippen molar-refractivity contribution in [1.82, 2.24) is 10.6 Å². The number of hydrogen-bond donors (Lipinski definition) is 2. The Hall–Kier alpha value is -1.35. The minimum absolute atomic E-state index is 0.0791. The van der Waals surface area contributed by atoms with Crippen molar-refractivity contribution in [2.45, 2.75) is 46.1 Å². The van der Waals surface area contributed by atoms with Gasteiger partial charge in [-0.25, -0.2) is 0 Å². The van der Waals surface area contributed by atoms with E-state index in [0.29, 0.717) is 18.3 Å². The van der Waals surface area contributed by atoms with Crippen LogP contribution in [-0.2, 0) is 4.79 Å². The molecule has 0 radical (unpaired) electrons. The summed E-state index contributed by atoms with van der Waals surface area (Å²) in [6, 6.07) is 8.33. The Morgan fingerprint density at radius 2 is 2.14 bits per heavy atom. The third-order valence-corrected chi connectivity index (χ3v) is 4.68. The summed E-state index contributed by atoms with van der Waals surface area (Å²) < 4.78 is 0. The summed E-state index contributed by atoms with van der Waals surface area (Å²) in [5.41, 5.74) is 2.44. The van der Waals surface area contributed by atoms with Gasteiger partial charge in [0.25, 0.3) is 0 Å². The predicted octanol–water partition coefficient (Wildman–Crippen LogP) is 3.20. The first-order chi connectivity index (χ1) is 10.1. The van der Waals surface area contributed by atoms with Crippen LogP contribution >= 0.6 is 0 Å². The van der Waals surface area contributed by atoms with E-state index in [1.165, 1.54) is 24.0 Å². The molecule has 3 heteroatoms. The number of benzene rings is 1. The van der Waals surface area contributed by atoms with Gasteiger partial charge in [-0.3, -0.25) is 4.79 Å². The topological polar surface area (TPSA) is 41.1 Å². The molecule has 116 valence electrons. The van der Waals surface area contributed by atoms with Gasteiger partial charge in [-0.1, -0.05) is 31.2 Å². The van der Waals surface area contributed by atoms with Crippen molar-refractivity contribution in [3.05, 3.63) is 35.4 Å². The minimum atomic E-state index is 0.0791. The van der Waals surface area contributed by atoms with Crippen LogP contribution in [-0.4, -0.2) is 19.0 Å². The Labute approximate surface area is 128 Å². The smallest absolute Gasteiger partial charge is 0.220 e. The molecule has 2 unspecified atom stereocenters. The molecule has 3 nitrogen and oxygen atoms in total. The minimum Gasteiger partial charge on any atom is -0.350 e. The van der Waals surface area contributed by atoms with Crippen LogP contribution in [0.5, 0.6) is 0 Å². The Balaban J connectivity index is 1.85. The zero-order valence-electron chi connectivity index (χ0n) is 13.5. The Morgan fingerprint density at radius 3 is 2.81 bits per heavy atom. The number of nitrogens with one attached hydrogen (secondary N) is 2. The molecule has 0 spiro atoms. The summed E-state index contributed by atoms with van der Waals surface area (Å²) in [4.78, 5) is 12.3. The summed E-state index contributed by atoms with van der Waals surface area (Å²) in [5, 5.41) is 6.58. The molecule has 3 atom stereocenters. The lowest BCUT2D eigenvalue weighted by molar-refractivity contribution is -0.123. The fourth-order valence-electron chi connectivity index (χ4n) is 3.27. The number of hydrogen-bond acceptors (Lipinski definition) is 2. The van der Waals surface area contributed by atoms with Gasteiger partial charge < -0.3 is 10.6 Å². The molecule has 2 rings (SSSR count). The molecule has 1 aromatic rings. The summed E-state index contributed by atoms with van der Waals surface area (Å²) >= 11 is 0. The van der Waals surface area contributed by atoms with E-state index >= 15 is 0 Å². The Kier molecular flexibility index (Phi) is 5.80. The van der Waals surface area contributed by atoms with Crippen molar-refractivity contribution in [2.24, 2.45) is 11.8 Å². The van der Waals surface area contributed by atoms with Crippen molar-refractivity contribution in [3.8, 4) is 0 Å². The molecule has 1 aliphatic heterocycles. The average molecular weight is 288 g/mol. The highest BCUT2D eigenvalue weighted by molar-refractivity contribution is 5.76. The number of piperidine rings is 1. The monoisotopic (exact) mass is 288 g/mol. The van der Waals surface area contributed by atoms with Gasteiger partial charge in [0, 0.05) is 6.42 Å². The molecular formula is C18H28N2O. The molecule has 21 heavy (non-hydrogen) atoms. The summed E-state index contributed by atoms with van der Waals surface area (Å²) in [5.74, 6) is 1.25. The molecule has 2 N–H and O–H groups in total. The first-order valence-electron chi connectivity index (χ1n) is 8.13. The molecule has 1 heterocycles. The highest BCUT2D eigenvalue weighted by atomic mass is 16.1. The van der Waals surface area contributed by atoms with Crippen LogP contribution in [0.25, 0.3) is 0 Å². The van der Waals surface area contributed by atoms with Crippen molar-refractivity contribution < 1.29 is 4.79 Å². The Morgan fingerprint density at radius 1 is 1.38 bits per heavy atom. The second-order valence-electron chi connectivity index (χ2n) is 6.43. The van der Waals surface area contributed by atoms with Crippen LogP contribution < -0.4 is 10.6 Å². The van der Waals surface area contributed by atoms with Crippen LogP contribution in [0.4, 0.5) is 0 Å². The van der Waals surface area contributed by atoms with Gasteiger partial charge >= 0.3 is 0 Å². The van der Waals surface area contributed by atoms with E-state index in [1.54, 1.807) is 0 Å². The molecule has 0 aromatic heterocycles. The summed E-state index contributed by atoms with van der Waals surface area (Å²) in [6.07, 6.45) is 3.10. The van der Waals surface area contributed by atoms with E-state index in [0.717, 1.165) is 13.1 Å². The lowest BCUT2D eigenvalue weighted by Crippen LogP contribution is -2.36. The maximum Gasteiger partial charge on any atom is 0.220 e. The molecule has 1 aliphatic rings. The van der Waals surface area contributed by atoms with Crippen molar-refractivity contribution >= 4 is 5.91 Å².